The predicted octanol–water partition coefficient (Wildman–Crippen LogP) is -0.00470. The predicted molar refractivity (Wildman–Crippen MR) is 65.1 cm³/mol. The van der Waals surface area contributed by atoms with E-state index in [1.807, 2.05) is 7.05 Å². The van der Waals surface area contributed by atoms with E-state index in [9.17, 15) is 4.79 Å². The number of aliphatic hydroxyl groups is 1. The van der Waals surface area contributed by atoms with Crippen LogP contribution < -0.4 is 0 Å². The van der Waals surface area contributed by atoms with E-state index in [4.69, 9.17) is 14.6 Å². The Morgan fingerprint density at radius 1 is 1.44 bits per heavy atom. The van der Waals surface area contributed by atoms with Gasteiger partial charge in [-0.25, -0.2) is 0 Å². The van der Waals surface area contributed by atoms with Crippen LogP contribution in [0.15, 0.2) is 0 Å². The van der Waals surface area contributed by atoms with Gasteiger partial charge in [0.05, 0.1) is 19.3 Å². The third kappa shape index (κ3) is 6.30. The number of carbonyl (C=O) groups is 1. The molecule has 1 saturated heterocycles. The van der Waals surface area contributed by atoms with Gasteiger partial charge in [-0.05, 0) is 19.9 Å². The summed E-state index contributed by atoms with van der Waals surface area (Å²) in [6.45, 7) is 3.40. The second kappa shape index (κ2) is 9.27. The van der Waals surface area contributed by atoms with Crippen LogP contribution in [0.4, 0.5) is 0 Å². The number of rotatable bonds is 10. The van der Waals surface area contributed by atoms with Gasteiger partial charge in [0, 0.05) is 26.1 Å². The van der Waals surface area contributed by atoms with E-state index in [1.54, 1.807) is 0 Å². The van der Waals surface area contributed by atoms with Gasteiger partial charge in [-0.3, -0.25) is 4.79 Å². The van der Waals surface area contributed by atoms with Crippen LogP contribution in [0, 0.1) is 0 Å². The van der Waals surface area contributed by atoms with Crippen molar-refractivity contribution in [2.45, 2.75) is 31.7 Å². The molecule has 0 aromatic heterocycles. The number of carbonyl (C=O) groups excluding carboxylic acids is 1. The van der Waals surface area contributed by atoms with Gasteiger partial charge < -0.3 is 24.2 Å². The highest BCUT2D eigenvalue weighted by Crippen LogP contribution is 2.17. The molecule has 106 valence electrons. The second-order valence-corrected chi connectivity index (χ2v) is 4.45. The molecule has 1 rings (SSSR count). The van der Waals surface area contributed by atoms with Gasteiger partial charge in [-0.1, -0.05) is 0 Å². The largest absolute Gasteiger partial charge is 0.468 e. The Kier molecular flexibility index (Phi) is 7.91. The van der Waals surface area contributed by atoms with E-state index in [2.05, 4.69) is 9.64 Å². The molecule has 0 saturated carbocycles. The van der Waals surface area contributed by atoms with Crippen LogP contribution in [-0.4, -0.2) is 68.8 Å². The number of hydrogen-bond donors (Lipinski definition) is 1. The number of aliphatic hydroxyl groups excluding tert-OH is 1. The zero-order valence-electron chi connectivity index (χ0n) is 10.9. The average Bonchev–Trinajstić information content (AvgIpc) is 2.82. The SMILES string of the molecule is CN(CCCO)CCC1COC(CCOC=O)O1. The minimum Gasteiger partial charge on any atom is -0.468 e. The molecular formula is C12H23NO5. The smallest absolute Gasteiger partial charge is 0.293 e. The summed E-state index contributed by atoms with van der Waals surface area (Å²) in [5.74, 6) is 0. The van der Waals surface area contributed by atoms with Crippen LogP contribution in [0.3, 0.4) is 0 Å². The molecule has 0 spiro atoms. The van der Waals surface area contributed by atoms with Crippen LogP contribution in [-0.2, 0) is 19.0 Å². The van der Waals surface area contributed by atoms with Crippen LogP contribution in [0.25, 0.3) is 0 Å². The van der Waals surface area contributed by atoms with Crippen LogP contribution in [0.2, 0.25) is 0 Å². The maximum atomic E-state index is 9.98. The molecule has 1 heterocycles. The maximum absolute atomic E-state index is 9.98. The van der Waals surface area contributed by atoms with Crippen molar-refractivity contribution >= 4 is 6.47 Å². The summed E-state index contributed by atoms with van der Waals surface area (Å²) in [7, 11) is 2.03. The van der Waals surface area contributed by atoms with E-state index in [1.165, 1.54) is 0 Å². The molecule has 0 radical (unpaired) electrons. The molecule has 2 unspecified atom stereocenters. The summed E-state index contributed by atoms with van der Waals surface area (Å²) in [6, 6.07) is 0. The first-order valence-electron chi connectivity index (χ1n) is 6.38. The Labute approximate surface area is 108 Å². The van der Waals surface area contributed by atoms with Gasteiger partial charge in [-0.2, -0.15) is 0 Å². The molecule has 18 heavy (non-hydrogen) atoms. The summed E-state index contributed by atoms with van der Waals surface area (Å²) in [5.41, 5.74) is 0. The van der Waals surface area contributed by atoms with Crippen LogP contribution in [0.5, 0.6) is 0 Å². The van der Waals surface area contributed by atoms with Crippen LogP contribution in [0.1, 0.15) is 19.3 Å². The second-order valence-electron chi connectivity index (χ2n) is 4.45. The highest BCUT2D eigenvalue weighted by Gasteiger charge is 2.25. The Morgan fingerprint density at radius 2 is 2.28 bits per heavy atom. The van der Waals surface area contributed by atoms with Crippen molar-refractivity contribution in [2.75, 3.05) is 40.0 Å². The van der Waals surface area contributed by atoms with Crippen molar-refractivity contribution in [3.05, 3.63) is 0 Å². The first-order chi connectivity index (χ1) is 8.76. The lowest BCUT2D eigenvalue weighted by Crippen LogP contribution is -2.26. The molecule has 0 aromatic rings. The lowest BCUT2D eigenvalue weighted by molar-refractivity contribution is -0.131. The minimum absolute atomic E-state index is 0.114. The zero-order valence-corrected chi connectivity index (χ0v) is 10.9. The lowest BCUT2D eigenvalue weighted by atomic mass is 10.2. The number of ether oxygens (including phenoxy) is 3. The minimum atomic E-state index is -0.252. The Morgan fingerprint density at radius 3 is 3.00 bits per heavy atom. The summed E-state index contributed by atoms with van der Waals surface area (Å²) >= 11 is 0. The monoisotopic (exact) mass is 261 g/mol. The van der Waals surface area contributed by atoms with Gasteiger partial charge in [0.2, 0.25) is 0 Å². The highest BCUT2D eigenvalue weighted by atomic mass is 16.7. The van der Waals surface area contributed by atoms with E-state index in [0.717, 1.165) is 25.9 Å². The van der Waals surface area contributed by atoms with E-state index in [0.29, 0.717) is 26.1 Å². The van der Waals surface area contributed by atoms with Gasteiger partial charge in [0.25, 0.3) is 6.47 Å². The third-order valence-corrected chi connectivity index (χ3v) is 2.88. The molecule has 0 bridgehead atoms. The number of nitrogens with zero attached hydrogens (tertiary/aromatic N) is 1. The number of hydrogen-bond acceptors (Lipinski definition) is 6. The maximum Gasteiger partial charge on any atom is 0.293 e. The van der Waals surface area contributed by atoms with Crippen molar-refractivity contribution < 1.29 is 24.1 Å². The highest BCUT2D eigenvalue weighted by molar-refractivity contribution is 5.36. The molecule has 0 amide bonds. The fourth-order valence-electron chi connectivity index (χ4n) is 1.84. The third-order valence-electron chi connectivity index (χ3n) is 2.88. The topological polar surface area (TPSA) is 68.2 Å². The summed E-state index contributed by atoms with van der Waals surface area (Å²) in [4.78, 5) is 12.1. The summed E-state index contributed by atoms with van der Waals surface area (Å²) in [6.07, 6.45) is 2.15. The van der Waals surface area contributed by atoms with Crippen molar-refractivity contribution in [2.24, 2.45) is 0 Å². The van der Waals surface area contributed by atoms with E-state index in [-0.39, 0.29) is 19.0 Å². The normalized spacial score (nSPS) is 23.5. The Bertz CT molecular complexity index is 227. The quantitative estimate of drug-likeness (QED) is 0.441. The molecule has 6 heteroatoms. The Balaban J connectivity index is 2.05. The molecule has 2 atom stereocenters. The van der Waals surface area contributed by atoms with Crippen molar-refractivity contribution in [1.29, 1.82) is 0 Å². The van der Waals surface area contributed by atoms with E-state index >= 15 is 0 Å². The molecule has 1 N–H and O–H groups in total. The fourth-order valence-corrected chi connectivity index (χ4v) is 1.84. The van der Waals surface area contributed by atoms with Gasteiger partial charge >= 0.3 is 0 Å². The molecular weight excluding hydrogens is 238 g/mol. The zero-order chi connectivity index (χ0) is 13.2. The Hall–Kier alpha value is -0.690. The first-order valence-corrected chi connectivity index (χ1v) is 6.38. The van der Waals surface area contributed by atoms with Crippen molar-refractivity contribution in [3.63, 3.8) is 0 Å². The summed E-state index contributed by atoms with van der Waals surface area (Å²) < 4.78 is 15.7. The van der Waals surface area contributed by atoms with Crippen molar-refractivity contribution in [3.8, 4) is 0 Å². The first kappa shape index (κ1) is 15.4. The van der Waals surface area contributed by atoms with Gasteiger partial charge in [-0.15, -0.1) is 0 Å². The standard InChI is InChI=1S/C12H23NO5/c1-13(5-2-7-14)6-3-11-9-17-12(18-11)4-8-16-10-15/h10-12,14H,2-9H2,1H3. The molecule has 6 nitrogen and oxygen atoms in total. The molecule has 0 aliphatic carbocycles. The van der Waals surface area contributed by atoms with Crippen LogP contribution >= 0.6 is 0 Å². The molecule has 1 aliphatic rings. The average molecular weight is 261 g/mol. The van der Waals surface area contributed by atoms with E-state index < -0.39 is 0 Å². The molecule has 0 aromatic carbocycles. The fraction of sp³-hybridized carbons (Fsp3) is 0.917. The summed E-state index contributed by atoms with van der Waals surface area (Å²) in [5, 5.41) is 8.72. The van der Waals surface area contributed by atoms with Gasteiger partial charge in [0.15, 0.2) is 6.29 Å². The van der Waals surface area contributed by atoms with Crippen molar-refractivity contribution in [1.82, 2.24) is 4.90 Å². The molecule has 1 fully saturated rings. The van der Waals surface area contributed by atoms with Gasteiger partial charge in [0.1, 0.15) is 0 Å². The lowest BCUT2D eigenvalue weighted by Gasteiger charge is -2.18. The molecule has 1 aliphatic heterocycles.